The third-order valence-corrected chi connectivity index (χ3v) is 3.45. The van der Waals surface area contributed by atoms with Crippen LogP contribution in [-0.2, 0) is 6.42 Å². The van der Waals surface area contributed by atoms with Crippen LogP contribution in [0.4, 0.5) is 10.1 Å². The van der Waals surface area contributed by atoms with Gasteiger partial charge in [0.15, 0.2) is 5.96 Å². The van der Waals surface area contributed by atoms with Crippen LogP contribution in [-0.4, -0.2) is 25.7 Å². The van der Waals surface area contributed by atoms with Gasteiger partial charge in [0.25, 0.3) is 0 Å². The van der Waals surface area contributed by atoms with E-state index in [0.717, 1.165) is 0 Å². The number of benzene rings is 2. The molecule has 0 heterocycles. The first-order valence-corrected chi connectivity index (χ1v) is 8.34. The Morgan fingerprint density at radius 3 is 2.54 bits per heavy atom. The SMILES string of the molecule is CCOc1ccc(OCC)c(NC(N)=NCCc2ccccc2F)c1.I. The van der Waals surface area contributed by atoms with E-state index in [1.165, 1.54) is 6.07 Å². The molecule has 26 heavy (non-hydrogen) atoms. The van der Waals surface area contributed by atoms with Crippen LogP contribution in [0.15, 0.2) is 47.5 Å². The molecule has 0 aliphatic heterocycles. The van der Waals surface area contributed by atoms with Crippen molar-refractivity contribution in [1.29, 1.82) is 0 Å². The number of nitrogens with two attached hydrogens (primary N) is 1. The molecule has 0 aliphatic rings. The second-order valence-electron chi connectivity index (χ2n) is 5.26. The number of nitrogens with zero attached hydrogens (tertiary/aromatic N) is 1. The molecular weight excluding hydrogens is 448 g/mol. The summed E-state index contributed by atoms with van der Waals surface area (Å²) in [5, 5.41) is 3.02. The summed E-state index contributed by atoms with van der Waals surface area (Å²) in [7, 11) is 0. The van der Waals surface area contributed by atoms with Crippen LogP contribution in [0.5, 0.6) is 11.5 Å². The van der Waals surface area contributed by atoms with Gasteiger partial charge >= 0.3 is 0 Å². The average molecular weight is 473 g/mol. The number of ether oxygens (including phenoxy) is 2. The minimum atomic E-state index is -0.229. The van der Waals surface area contributed by atoms with Gasteiger partial charge < -0.3 is 20.5 Å². The molecule has 2 aromatic rings. The molecule has 0 aliphatic carbocycles. The van der Waals surface area contributed by atoms with Crippen molar-refractivity contribution in [3.8, 4) is 11.5 Å². The van der Waals surface area contributed by atoms with Crippen molar-refractivity contribution in [3.63, 3.8) is 0 Å². The number of hydrogen-bond donors (Lipinski definition) is 2. The van der Waals surface area contributed by atoms with Gasteiger partial charge in [0, 0.05) is 12.6 Å². The Bertz CT molecular complexity index is 726. The summed E-state index contributed by atoms with van der Waals surface area (Å²) in [6.45, 7) is 5.32. The Labute approximate surface area is 170 Å². The second-order valence-corrected chi connectivity index (χ2v) is 5.26. The van der Waals surface area contributed by atoms with Crippen LogP contribution in [0.1, 0.15) is 19.4 Å². The van der Waals surface area contributed by atoms with Crippen LogP contribution in [0.25, 0.3) is 0 Å². The molecule has 0 unspecified atom stereocenters. The smallest absolute Gasteiger partial charge is 0.193 e. The summed E-state index contributed by atoms with van der Waals surface area (Å²) in [4.78, 5) is 4.25. The Morgan fingerprint density at radius 2 is 1.85 bits per heavy atom. The van der Waals surface area contributed by atoms with Gasteiger partial charge in [0.1, 0.15) is 17.3 Å². The lowest BCUT2D eigenvalue weighted by molar-refractivity contribution is 0.332. The Balaban J connectivity index is 0.00000338. The fourth-order valence-electron chi connectivity index (χ4n) is 2.32. The molecule has 0 bridgehead atoms. The fraction of sp³-hybridized carbons (Fsp3) is 0.316. The number of nitrogens with one attached hydrogen (secondary N) is 1. The molecule has 142 valence electrons. The highest BCUT2D eigenvalue weighted by Crippen LogP contribution is 2.29. The van der Waals surface area contributed by atoms with Gasteiger partial charge in [-0.3, -0.25) is 4.99 Å². The zero-order valence-electron chi connectivity index (χ0n) is 15.0. The van der Waals surface area contributed by atoms with Crippen LogP contribution in [0.3, 0.4) is 0 Å². The second kappa shape index (κ2) is 11.6. The summed E-state index contributed by atoms with van der Waals surface area (Å²) in [5.74, 6) is 1.39. The predicted octanol–water partition coefficient (Wildman–Crippen LogP) is 4.21. The number of guanidine groups is 1. The molecular formula is C19H25FIN3O2. The van der Waals surface area contributed by atoms with Gasteiger partial charge in [0.2, 0.25) is 0 Å². The summed E-state index contributed by atoms with van der Waals surface area (Å²) in [5.41, 5.74) is 7.24. The Hall–Kier alpha value is -2.03. The van der Waals surface area contributed by atoms with Crippen molar-refractivity contribution in [2.45, 2.75) is 20.3 Å². The number of aliphatic imine (C=N–C) groups is 1. The van der Waals surface area contributed by atoms with Crippen molar-refractivity contribution in [2.24, 2.45) is 10.7 Å². The predicted molar refractivity (Wildman–Crippen MR) is 114 cm³/mol. The van der Waals surface area contributed by atoms with E-state index in [2.05, 4.69) is 10.3 Å². The quantitative estimate of drug-likeness (QED) is 0.343. The molecule has 0 saturated heterocycles. The number of rotatable bonds is 8. The van der Waals surface area contributed by atoms with Gasteiger partial charge in [-0.2, -0.15) is 0 Å². The van der Waals surface area contributed by atoms with Gasteiger partial charge in [-0.15, -0.1) is 24.0 Å². The van der Waals surface area contributed by atoms with Crippen molar-refractivity contribution < 1.29 is 13.9 Å². The summed E-state index contributed by atoms with van der Waals surface area (Å²) in [6, 6.07) is 12.1. The molecule has 0 fully saturated rings. The first kappa shape index (κ1) is 22.0. The number of hydrogen-bond acceptors (Lipinski definition) is 3. The lowest BCUT2D eigenvalue weighted by Gasteiger charge is -2.14. The lowest BCUT2D eigenvalue weighted by Crippen LogP contribution is -2.23. The van der Waals surface area contributed by atoms with E-state index in [4.69, 9.17) is 15.2 Å². The zero-order valence-corrected chi connectivity index (χ0v) is 17.3. The van der Waals surface area contributed by atoms with Gasteiger partial charge in [-0.05, 0) is 44.0 Å². The third kappa shape index (κ3) is 6.70. The molecule has 3 N–H and O–H groups in total. The zero-order chi connectivity index (χ0) is 18.1. The highest BCUT2D eigenvalue weighted by atomic mass is 127. The van der Waals surface area contributed by atoms with Gasteiger partial charge in [-0.1, -0.05) is 18.2 Å². The molecule has 0 radical (unpaired) electrons. The minimum Gasteiger partial charge on any atom is -0.494 e. The van der Waals surface area contributed by atoms with E-state index in [-0.39, 0.29) is 35.8 Å². The van der Waals surface area contributed by atoms with E-state index in [9.17, 15) is 4.39 Å². The van der Waals surface area contributed by atoms with Crippen molar-refractivity contribution in [3.05, 3.63) is 53.8 Å². The van der Waals surface area contributed by atoms with Crippen LogP contribution in [0.2, 0.25) is 0 Å². The van der Waals surface area contributed by atoms with Crippen LogP contribution >= 0.6 is 24.0 Å². The maximum absolute atomic E-state index is 13.6. The van der Waals surface area contributed by atoms with Gasteiger partial charge in [-0.25, -0.2) is 4.39 Å². The molecule has 0 aromatic heterocycles. The molecule has 0 atom stereocenters. The summed E-state index contributed by atoms with van der Waals surface area (Å²) >= 11 is 0. The largest absolute Gasteiger partial charge is 0.494 e. The van der Waals surface area contributed by atoms with Crippen molar-refractivity contribution >= 4 is 35.6 Å². The maximum Gasteiger partial charge on any atom is 0.193 e. The third-order valence-electron chi connectivity index (χ3n) is 3.45. The normalized spacial score (nSPS) is 10.8. The molecule has 7 heteroatoms. The topological polar surface area (TPSA) is 68.9 Å². The van der Waals surface area contributed by atoms with Crippen molar-refractivity contribution in [2.75, 3.05) is 25.1 Å². The first-order valence-electron chi connectivity index (χ1n) is 8.34. The Morgan fingerprint density at radius 1 is 1.12 bits per heavy atom. The number of anilines is 1. The van der Waals surface area contributed by atoms with E-state index in [1.54, 1.807) is 18.2 Å². The highest BCUT2D eigenvalue weighted by molar-refractivity contribution is 14.0. The molecule has 2 aromatic carbocycles. The van der Waals surface area contributed by atoms with E-state index in [0.29, 0.717) is 48.9 Å². The first-order chi connectivity index (χ1) is 12.1. The molecule has 0 saturated carbocycles. The van der Waals surface area contributed by atoms with Crippen LogP contribution < -0.4 is 20.5 Å². The molecule has 5 nitrogen and oxygen atoms in total. The fourth-order valence-corrected chi connectivity index (χ4v) is 2.32. The van der Waals surface area contributed by atoms with Crippen LogP contribution in [0, 0.1) is 5.82 Å². The van der Waals surface area contributed by atoms with E-state index in [1.807, 2.05) is 32.0 Å². The average Bonchev–Trinajstić information content (AvgIpc) is 2.59. The monoisotopic (exact) mass is 473 g/mol. The molecule has 2 rings (SSSR count). The standard InChI is InChI=1S/C19H24FN3O2.HI/c1-3-24-15-9-10-18(25-4-2)17(13-15)23-19(21)22-12-11-14-7-5-6-8-16(14)20;/h5-10,13H,3-4,11-12H2,1-2H3,(H3,21,22,23);1H. The Kier molecular flexibility index (Phi) is 9.79. The minimum absolute atomic E-state index is 0. The van der Waals surface area contributed by atoms with Crippen molar-refractivity contribution in [1.82, 2.24) is 0 Å². The number of halogens is 2. The van der Waals surface area contributed by atoms with E-state index < -0.39 is 0 Å². The maximum atomic E-state index is 13.6. The molecule has 0 amide bonds. The molecule has 0 spiro atoms. The van der Waals surface area contributed by atoms with Gasteiger partial charge in [0.05, 0.1) is 18.9 Å². The summed E-state index contributed by atoms with van der Waals surface area (Å²) < 4.78 is 24.7. The lowest BCUT2D eigenvalue weighted by atomic mass is 10.1. The highest BCUT2D eigenvalue weighted by Gasteiger charge is 2.07. The summed E-state index contributed by atoms with van der Waals surface area (Å²) in [6.07, 6.45) is 0.479. The van der Waals surface area contributed by atoms with E-state index >= 15 is 0 Å².